The zero-order valence-corrected chi connectivity index (χ0v) is 14.4. The van der Waals surface area contributed by atoms with E-state index < -0.39 is 0 Å². The van der Waals surface area contributed by atoms with E-state index in [0.717, 1.165) is 16.5 Å². The molecular formula is C20H22N2O3. The molecule has 2 N–H and O–H groups in total. The van der Waals surface area contributed by atoms with Crippen LogP contribution in [0.15, 0.2) is 54.6 Å². The summed E-state index contributed by atoms with van der Waals surface area (Å²) in [5.74, 6) is 2.08. The maximum absolute atomic E-state index is 9.62. The van der Waals surface area contributed by atoms with E-state index in [-0.39, 0.29) is 12.7 Å². The molecule has 0 aliphatic heterocycles. The van der Waals surface area contributed by atoms with Crippen molar-refractivity contribution >= 4 is 16.7 Å². The monoisotopic (exact) mass is 338 g/mol. The number of ether oxygens (including phenoxy) is 2. The van der Waals surface area contributed by atoms with E-state index in [2.05, 4.69) is 10.3 Å². The van der Waals surface area contributed by atoms with Gasteiger partial charge in [-0.3, -0.25) is 0 Å². The number of nitrogens with one attached hydrogen (secondary N) is 1. The molecule has 1 atom stereocenters. The van der Waals surface area contributed by atoms with Crippen molar-refractivity contribution in [3.63, 3.8) is 0 Å². The largest absolute Gasteiger partial charge is 0.493 e. The predicted octanol–water partition coefficient (Wildman–Crippen LogP) is 3.62. The lowest BCUT2D eigenvalue weighted by molar-refractivity contribution is 0.223. The summed E-state index contributed by atoms with van der Waals surface area (Å²) < 4.78 is 11.2. The standard InChI is InChI=1S/C20H22N2O3/c1-14(25-19-10-6-5-9-18(19)24-2)12-21-20-16(13-23)11-15-7-3-4-8-17(15)22-20/h3-11,14,23H,12-13H2,1-2H3,(H,21,22). The molecule has 0 amide bonds. The topological polar surface area (TPSA) is 63.6 Å². The van der Waals surface area contributed by atoms with Crippen molar-refractivity contribution in [2.45, 2.75) is 19.6 Å². The van der Waals surface area contributed by atoms with E-state index in [0.29, 0.717) is 23.9 Å². The maximum atomic E-state index is 9.62. The molecule has 5 heteroatoms. The molecule has 3 rings (SSSR count). The number of benzene rings is 2. The fourth-order valence-electron chi connectivity index (χ4n) is 2.65. The second-order valence-corrected chi connectivity index (χ2v) is 5.81. The Morgan fingerprint density at radius 3 is 2.56 bits per heavy atom. The molecule has 0 aliphatic rings. The number of aliphatic hydroxyl groups excluding tert-OH is 1. The van der Waals surface area contributed by atoms with Crippen LogP contribution >= 0.6 is 0 Å². The Kier molecular flexibility index (Phi) is 5.36. The quantitative estimate of drug-likeness (QED) is 0.689. The minimum absolute atomic E-state index is 0.0675. The molecule has 0 spiro atoms. The summed E-state index contributed by atoms with van der Waals surface area (Å²) in [6.07, 6.45) is -0.101. The van der Waals surface area contributed by atoms with Crippen LogP contribution in [0.3, 0.4) is 0 Å². The highest BCUT2D eigenvalue weighted by Crippen LogP contribution is 2.27. The maximum Gasteiger partial charge on any atom is 0.161 e. The third kappa shape index (κ3) is 4.00. The van der Waals surface area contributed by atoms with Crippen LogP contribution in [0.25, 0.3) is 10.9 Å². The fourth-order valence-corrected chi connectivity index (χ4v) is 2.65. The van der Waals surface area contributed by atoms with Gasteiger partial charge < -0.3 is 19.9 Å². The molecule has 1 unspecified atom stereocenters. The Balaban J connectivity index is 1.71. The summed E-state index contributed by atoms with van der Waals surface area (Å²) in [5, 5.41) is 13.9. The van der Waals surface area contributed by atoms with Crippen molar-refractivity contribution < 1.29 is 14.6 Å². The molecule has 0 aliphatic carbocycles. The van der Waals surface area contributed by atoms with Crippen LogP contribution < -0.4 is 14.8 Å². The highest BCUT2D eigenvalue weighted by Gasteiger charge is 2.11. The van der Waals surface area contributed by atoms with Crippen molar-refractivity contribution in [3.05, 3.63) is 60.2 Å². The highest BCUT2D eigenvalue weighted by atomic mass is 16.5. The third-order valence-electron chi connectivity index (χ3n) is 3.93. The Bertz CT molecular complexity index is 851. The normalized spacial score (nSPS) is 12.0. The van der Waals surface area contributed by atoms with Gasteiger partial charge in [0.1, 0.15) is 11.9 Å². The number of hydrogen-bond donors (Lipinski definition) is 2. The van der Waals surface area contributed by atoms with Crippen LogP contribution in [0.2, 0.25) is 0 Å². The Morgan fingerprint density at radius 2 is 1.80 bits per heavy atom. The van der Waals surface area contributed by atoms with Gasteiger partial charge in [-0.2, -0.15) is 0 Å². The summed E-state index contributed by atoms with van der Waals surface area (Å²) in [6, 6.07) is 17.4. The van der Waals surface area contributed by atoms with Crippen LogP contribution in [0.1, 0.15) is 12.5 Å². The van der Waals surface area contributed by atoms with Gasteiger partial charge in [0.05, 0.1) is 25.8 Å². The van der Waals surface area contributed by atoms with Gasteiger partial charge in [-0.1, -0.05) is 30.3 Å². The number of fused-ring (bicyclic) bond motifs is 1. The van der Waals surface area contributed by atoms with E-state index in [9.17, 15) is 5.11 Å². The molecule has 25 heavy (non-hydrogen) atoms. The fraction of sp³-hybridized carbons (Fsp3) is 0.250. The number of pyridine rings is 1. The minimum atomic E-state index is -0.101. The first kappa shape index (κ1) is 17.0. The molecule has 3 aromatic rings. The summed E-state index contributed by atoms with van der Waals surface area (Å²) in [7, 11) is 1.62. The van der Waals surface area contributed by atoms with Crippen LogP contribution in [0.4, 0.5) is 5.82 Å². The highest BCUT2D eigenvalue weighted by molar-refractivity contribution is 5.81. The van der Waals surface area contributed by atoms with Crippen molar-refractivity contribution in [2.24, 2.45) is 0 Å². The summed E-state index contributed by atoms with van der Waals surface area (Å²) in [6.45, 7) is 2.46. The molecule has 1 aromatic heterocycles. The van der Waals surface area contributed by atoms with E-state index in [1.807, 2.05) is 61.5 Å². The average Bonchev–Trinajstić information content (AvgIpc) is 2.66. The lowest BCUT2D eigenvalue weighted by atomic mass is 10.1. The second-order valence-electron chi connectivity index (χ2n) is 5.81. The van der Waals surface area contributed by atoms with Gasteiger partial charge in [0.15, 0.2) is 11.5 Å². The molecule has 0 saturated heterocycles. The lowest BCUT2D eigenvalue weighted by Gasteiger charge is -2.18. The summed E-state index contributed by atoms with van der Waals surface area (Å²) >= 11 is 0. The van der Waals surface area contributed by atoms with Crippen LogP contribution in [0.5, 0.6) is 11.5 Å². The molecule has 1 heterocycles. The SMILES string of the molecule is COc1ccccc1OC(C)CNc1nc2ccccc2cc1CO. The Labute approximate surface area is 147 Å². The van der Waals surface area contributed by atoms with Gasteiger partial charge in [-0.05, 0) is 31.2 Å². The van der Waals surface area contributed by atoms with Gasteiger partial charge in [0.2, 0.25) is 0 Å². The number of aliphatic hydroxyl groups is 1. The van der Waals surface area contributed by atoms with Crippen molar-refractivity contribution in [3.8, 4) is 11.5 Å². The zero-order valence-electron chi connectivity index (χ0n) is 14.4. The third-order valence-corrected chi connectivity index (χ3v) is 3.93. The molecule has 0 bridgehead atoms. The zero-order chi connectivity index (χ0) is 17.6. The molecule has 0 radical (unpaired) electrons. The number of anilines is 1. The van der Waals surface area contributed by atoms with E-state index in [4.69, 9.17) is 9.47 Å². The van der Waals surface area contributed by atoms with Crippen LogP contribution in [0, 0.1) is 0 Å². The first-order valence-corrected chi connectivity index (χ1v) is 8.24. The molecular weight excluding hydrogens is 316 g/mol. The Morgan fingerprint density at radius 1 is 1.08 bits per heavy atom. The molecule has 5 nitrogen and oxygen atoms in total. The number of para-hydroxylation sites is 3. The van der Waals surface area contributed by atoms with E-state index in [1.165, 1.54) is 0 Å². The van der Waals surface area contributed by atoms with Gasteiger partial charge >= 0.3 is 0 Å². The van der Waals surface area contributed by atoms with Crippen molar-refractivity contribution in [1.82, 2.24) is 4.98 Å². The minimum Gasteiger partial charge on any atom is -0.493 e. The molecule has 2 aromatic carbocycles. The number of aromatic nitrogens is 1. The first-order valence-electron chi connectivity index (χ1n) is 8.24. The smallest absolute Gasteiger partial charge is 0.161 e. The van der Waals surface area contributed by atoms with Gasteiger partial charge in [-0.25, -0.2) is 4.98 Å². The second kappa shape index (κ2) is 7.85. The summed E-state index contributed by atoms with van der Waals surface area (Å²) in [4.78, 5) is 4.61. The number of rotatable bonds is 7. The van der Waals surface area contributed by atoms with Crippen LogP contribution in [-0.2, 0) is 6.61 Å². The lowest BCUT2D eigenvalue weighted by Crippen LogP contribution is -2.23. The van der Waals surface area contributed by atoms with Gasteiger partial charge in [-0.15, -0.1) is 0 Å². The first-order chi connectivity index (χ1) is 12.2. The number of methoxy groups -OCH3 is 1. The van der Waals surface area contributed by atoms with Gasteiger partial charge in [0, 0.05) is 10.9 Å². The van der Waals surface area contributed by atoms with Crippen LogP contribution in [-0.4, -0.2) is 29.8 Å². The number of nitrogens with zero attached hydrogens (tertiary/aromatic N) is 1. The average molecular weight is 338 g/mol. The molecule has 130 valence electrons. The Hall–Kier alpha value is -2.79. The van der Waals surface area contributed by atoms with E-state index in [1.54, 1.807) is 7.11 Å². The molecule has 0 fully saturated rings. The van der Waals surface area contributed by atoms with E-state index >= 15 is 0 Å². The predicted molar refractivity (Wildman–Crippen MR) is 99.2 cm³/mol. The molecule has 0 saturated carbocycles. The summed E-state index contributed by atoms with van der Waals surface area (Å²) in [5.41, 5.74) is 1.66. The van der Waals surface area contributed by atoms with Gasteiger partial charge in [0.25, 0.3) is 0 Å². The number of hydrogen-bond acceptors (Lipinski definition) is 5. The van der Waals surface area contributed by atoms with Crippen molar-refractivity contribution in [2.75, 3.05) is 19.0 Å². The van der Waals surface area contributed by atoms with Crippen molar-refractivity contribution in [1.29, 1.82) is 0 Å².